The van der Waals surface area contributed by atoms with Gasteiger partial charge in [-0.25, -0.2) is 28.1 Å². The molecule has 0 unspecified atom stereocenters. The molecule has 0 atom stereocenters. The second-order valence-corrected chi connectivity index (χ2v) is 8.08. The number of nitrogens with one attached hydrogen (secondary N) is 3. The van der Waals surface area contributed by atoms with Gasteiger partial charge in [0, 0.05) is 38.2 Å². The number of nitrogens with zero attached hydrogens (tertiary/aromatic N) is 3. The molecule has 9 nitrogen and oxygen atoms in total. The fraction of sp³-hybridized carbons (Fsp3) is 0.316. The summed E-state index contributed by atoms with van der Waals surface area (Å²) in [5, 5.41) is 6.23. The molecule has 2 heterocycles. The van der Waals surface area contributed by atoms with Gasteiger partial charge < -0.3 is 15.1 Å². The van der Waals surface area contributed by atoms with Crippen LogP contribution in [-0.4, -0.2) is 43.0 Å². The predicted molar refractivity (Wildman–Crippen MR) is 111 cm³/mol. The largest absolute Gasteiger partial charge is 0.449 e. The van der Waals surface area contributed by atoms with Crippen molar-refractivity contribution in [3.05, 3.63) is 48.3 Å². The van der Waals surface area contributed by atoms with E-state index in [4.69, 9.17) is 4.42 Å². The van der Waals surface area contributed by atoms with Gasteiger partial charge in [0.25, 0.3) is 0 Å². The van der Waals surface area contributed by atoms with E-state index in [2.05, 4.69) is 30.3 Å². The normalized spacial score (nSPS) is 11.4. The molecule has 10 heteroatoms. The summed E-state index contributed by atoms with van der Waals surface area (Å²) < 4.78 is 32.7. The fourth-order valence-corrected chi connectivity index (χ4v) is 3.72. The fourth-order valence-electron chi connectivity index (χ4n) is 2.69. The SMILES string of the molecule is CCNc1cc(NCCNS(=O)(=O)c2ccc(-c3coc(C)n3)cc2)nc(C)n1. The summed E-state index contributed by atoms with van der Waals surface area (Å²) in [5.41, 5.74) is 1.46. The van der Waals surface area contributed by atoms with E-state index in [1.165, 1.54) is 0 Å². The van der Waals surface area contributed by atoms with Gasteiger partial charge in [-0.15, -0.1) is 0 Å². The first-order valence-corrected chi connectivity index (χ1v) is 10.7. The van der Waals surface area contributed by atoms with Crippen molar-refractivity contribution < 1.29 is 12.8 Å². The molecule has 0 saturated carbocycles. The van der Waals surface area contributed by atoms with E-state index in [-0.39, 0.29) is 11.4 Å². The molecule has 1 aromatic carbocycles. The summed E-state index contributed by atoms with van der Waals surface area (Å²) >= 11 is 0. The van der Waals surface area contributed by atoms with Crippen LogP contribution in [0.15, 0.2) is 45.9 Å². The Morgan fingerprint density at radius 3 is 2.28 bits per heavy atom. The van der Waals surface area contributed by atoms with Gasteiger partial charge in [0.1, 0.15) is 29.4 Å². The van der Waals surface area contributed by atoms with Crippen LogP contribution in [0.25, 0.3) is 11.3 Å². The minimum atomic E-state index is -3.61. The Morgan fingerprint density at radius 1 is 0.966 bits per heavy atom. The topological polar surface area (TPSA) is 122 Å². The highest BCUT2D eigenvalue weighted by Crippen LogP contribution is 2.20. The Kier molecular flexibility index (Phi) is 6.45. The Bertz CT molecular complexity index is 1060. The molecule has 0 amide bonds. The van der Waals surface area contributed by atoms with Gasteiger partial charge in [0.15, 0.2) is 5.89 Å². The molecule has 0 aliphatic heterocycles. The summed E-state index contributed by atoms with van der Waals surface area (Å²) in [5.74, 6) is 2.56. The van der Waals surface area contributed by atoms with Crippen molar-refractivity contribution in [2.24, 2.45) is 0 Å². The van der Waals surface area contributed by atoms with Crippen molar-refractivity contribution in [1.82, 2.24) is 19.7 Å². The summed E-state index contributed by atoms with van der Waals surface area (Å²) in [6.45, 7) is 6.90. The number of aryl methyl sites for hydroxylation is 2. The summed E-state index contributed by atoms with van der Waals surface area (Å²) in [4.78, 5) is 13.0. The van der Waals surface area contributed by atoms with Crippen LogP contribution in [0.5, 0.6) is 0 Å². The smallest absolute Gasteiger partial charge is 0.240 e. The van der Waals surface area contributed by atoms with Crippen LogP contribution in [0.1, 0.15) is 18.6 Å². The molecule has 0 aliphatic carbocycles. The third kappa shape index (κ3) is 5.52. The Hall–Kier alpha value is -2.98. The summed E-state index contributed by atoms with van der Waals surface area (Å²) in [7, 11) is -3.61. The number of anilines is 2. The second-order valence-electron chi connectivity index (χ2n) is 6.32. The lowest BCUT2D eigenvalue weighted by atomic mass is 10.2. The Morgan fingerprint density at radius 2 is 1.66 bits per heavy atom. The predicted octanol–water partition coefficient (Wildman–Crippen LogP) is 2.57. The third-order valence-electron chi connectivity index (χ3n) is 4.00. The van der Waals surface area contributed by atoms with Gasteiger partial charge >= 0.3 is 0 Å². The zero-order chi connectivity index (χ0) is 20.9. The average Bonchev–Trinajstić information content (AvgIpc) is 3.12. The molecule has 2 aromatic heterocycles. The monoisotopic (exact) mass is 416 g/mol. The number of hydrogen-bond donors (Lipinski definition) is 3. The quantitative estimate of drug-likeness (QED) is 0.455. The number of rotatable bonds is 9. The molecule has 3 aromatic rings. The van der Waals surface area contributed by atoms with E-state index in [9.17, 15) is 8.42 Å². The van der Waals surface area contributed by atoms with Gasteiger partial charge in [0.05, 0.1) is 4.90 Å². The first-order valence-electron chi connectivity index (χ1n) is 9.23. The average molecular weight is 417 g/mol. The highest BCUT2D eigenvalue weighted by Gasteiger charge is 2.14. The molecule has 154 valence electrons. The molecular formula is C19H24N6O3S. The lowest BCUT2D eigenvalue weighted by Gasteiger charge is -2.10. The van der Waals surface area contributed by atoms with Gasteiger partial charge in [-0.2, -0.15) is 0 Å². The van der Waals surface area contributed by atoms with Crippen molar-refractivity contribution in [2.75, 3.05) is 30.3 Å². The molecular weight excluding hydrogens is 392 g/mol. The molecule has 0 aliphatic rings. The van der Waals surface area contributed by atoms with Crippen molar-refractivity contribution in [3.8, 4) is 11.3 Å². The third-order valence-corrected chi connectivity index (χ3v) is 5.48. The van der Waals surface area contributed by atoms with Gasteiger partial charge in [-0.3, -0.25) is 0 Å². The van der Waals surface area contributed by atoms with E-state index in [0.717, 1.165) is 17.9 Å². The minimum Gasteiger partial charge on any atom is -0.449 e. The standard InChI is InChI=1S/C19H24N6O3S/c1-4-20-18-11-19(24-13(2)23-18)21-9-10-22-29(26,27)16-7-5-15(6-8-16)17-12-28-14(3)25-17/h5-8,11-12,22H,4,9-10H2,1-3H3,(H2,20,21,23,24). The first-order chi connectivity index (χ1) is 13.9. The van der Waals surface area contributed by atoms with Crippen LogP contribution >= 0.6 is 0 Å². The zero-order valence-electron chi connectivity index (χ0n) is 16.6. The summed E-state index contributed by atoms with van der Waals surface area (Å²) in [6, 6.07) is 8.29. The number of benzene rings is 1. The number of sulfonamides is 1. The van der Waals surface area contributed by atoms with Crippen LogP contribution in [0.3, 0.4) is 0 Å². The lowest BCUT2D eigenvalue weighted by Crippen LogP contribution is -2.29. The van der Waals surface area contributed by atoms with Gasteiger partial charge in [0.2, 0.25) is 10.0 Å². The molecule has 0 saturated heterocycles. The van der Waals surface area contributed by atoms with Crippen molar-refractivity contribution >= 4 is 21.7 Å². The van der Waals surface area contributed by atoms with E-state index in [1.54, 1.807) is 50.4 Å². The molecule has 0 fully saturated rings. The van der Waals surface area contributed by atoms with E-state index in [0.29, 0.717) is 29.8 Å². The molecule has 0 radical (unpaired) electrons. The molecule has 3 N–H and O–H groups in total. The zero-order valence-corrected chi connectivity index (χ0v) is 17.4. The number of oxazole rings is 1. The Labute approximate surface area is 170 Å². The summed E-state index contributed by atoms with van der Waals surface area (Å²) in [6.07, 6.45) is 1.54. The van der Waals surface area contributed by atoms with Crippen LogP contribution in [0, 0.1) is 13.8 Å². The van der Waals surface area contributed by atoms with E-state index < -0.39 is 10.0 Å². The molecule has 0 spiro atoms. The highest BCUT2D eigenvalue weighted by molar-refractivity contribution is 7.89. The first kappa shape index (κ1) is 20.7. The molecule has 3 rings (SSSR count). The van der Waals surface area contributed by atoms with Crippen molar-refractivity contribution in [3.63, 3.8) is 0 Å². The minimum absolute atomic E-state index is 0.189. The van der Waals surface area contributed by atoms with Crippen LogP contribution in [0.2, 0.25) is 0 Å². The number of hydrogen-bond acceptors (Lipinski definition) is 8. The van der Waals surface area contributed by atoms with Gasteiger partial charge in [-0.1, -0.05) is 12.1 Å². The number of aromatic nitrogens is 3. The van der Waals surface area contributed by atoms with Crippen molar-refractivity contribution in [2.45, 2.75) is 25.7 Å². The molecule has 29 heavy (non-hydrogen) atoms. The van der Waals surface area contributed by atoms with E-state index in [1.807, 2.05) is 6.92 Å². The van der Waals surface area contributed by atoms with Crippen LogP contribution in [0.4, 0.5) is 11.6 Å². The Balaban J connectivity index is 1.56. The highest BCUT2D eigenvalue weighted by atomic mass is 32.2. The maximum absolute atomic E-state index is 12.5. The second kappa shape index (κ2) is 9.01. The van der Waals surface area contributed by atoms with Crippen LogP contribution in [-0.2, 0) is 10.0 Å². The van der Waals surface area contributed by atoms with E-state index >= 15 is 0 Å². The molecule has 0 bridgehead atoms. The lowest BCUT2D eigenvalue weighted by molar-refractivity contribution is 0.521. The van der Waals surface area contributed by atoms with Crippen LogP contribution < -0.4 is 15.4 Å². The maximum Gasteiger partial charge on any atom is 0.240 e. The maximum atomic E-state index is 12.5. The van der Waals surface area contributed by atoms with Gasteiger partial charge in [-0.05, 0) is 26.0 Å². The van der Waals surface area contributed by atoms with Crippen molar-refractivity contribution in [1.29, 1.82) is 0 Å².